The highest BCUT2D eigenvalue weighted by molar-refractivity contribution is 5.79. The fraction of sp³-hybridized carbons (Fsp3) is 0.409. The molecule has 132 valence electrons. The first kappa shape index (κ1) is 17.7. The molecule has 0 spiro atoms. The SMILES string of the molecule is Cc1ccccc1CC(C)C(=O)N1CCN(Cc2ccccc2)CC1. The van der Waals surface area contributed by atoms with Gasteiger partial charge in [-0.1, -0.05) is 61.5 Å². The van der Waals surface area contributed by atoms with E-state index in [-0.39, 0.29) is 5.92 Å². The molecule has 0 N–H and O–H groups in total. The molecule has 2 aromatic carbocycles. The second-order valence-corrected chi connectivity index (χ2v) is 7.12. The molecule has 3 rings (SSSR count). The fourth-order valence-corrected chi connectivity index (χ4v) is 3.54. The summed E-state index contributed by atoms with van der Waals surface area (Å²) in [7, 11) is 0. The van der Waals surface area contributed by atoms with Gasteiger partial charge in [0, 0.05) is 38.6 Å². The molecule has 1 atom stereocenters. The van der Waals surface area contributed by atoms with Gasteiger partial charge >= 0.3 is 0 Å². The normalized spacial score (nSPS) is 16.6. The molecule has 0 radical (unpaired) electrons. The molecule has 1 fully saturated rings. The van der Waals surface area contributed by atoms with Crippen LogP contribution < -0.4 is 0 Å². The first-order valence-electron chi connectivity index (χ1n) is 9.23. The second kappa shape index (κ2) is 8.30. The van der Waals surface area contributed by atoms with Crippen LogP contribution in [0.15, 0.2) is 54.6 Å². The number of carbonyl (C=O) groups is 1. The molecule has 1 amide bonds. The van der Waals surface area contributed by atoms with Gasteiger partial charge < -0.3 is 4.90 Å². The molecule has 3 heteroatoms. The van der Waals surface area contributed by atoms with Crippen LogP contribution in [-0.2, 0) is 17.8 Å². The monoisotopic (exact) mass is 336 g/mol. The summed E-state index contributed by atoms with van der Waals surface area (Å²) in [5, 5.41) is 0. The van der Waals surface area contributed by atoms with E-state index in [1.807, 2.05) is 4.90 Å². The number of aryl methyl sites for hydroxylation is 1. The average molecular weight is 336 g/mol. The number of amides is 1. The Labute approximate surface area is 151 Å². The van der Waals surface area contributed by atoms with Gasteiger partial charge in [0.1, 0.15) is 0 Å². The van der Waals surface area contributed by atoms with Crippen LogP contribution in [0.25, 0.3) is 0 Å². The highest BCUT2D eigenvalue weighted by Gasteiger charge is 2.25. The summed E-state index contributed by atoms with van der Waals surface area (Å²) in [6.07, 6.45) is 0.829. The van der Waals surface area contributed by atoms with E-state index >= 15 is 0 Å². The maximum atomic E-state index is 12.8. The largest absolute Gasteiger partial charge is 0.340 e. The van der Waals surface area contributed by atoms with Gasteiger partial charge in [-0.3, -0.25) is 9.69 Å². The topological polar surface area (TPSA) is 23.6 Å². The molecule has 1 unspecified atom stereocenters. The zero-order chi connectivity index (χ0) is 17.6. The van der Waals surface area contributed by atoms with Crippen molar-refractivity contribution in [2.45, 2.75) is 26.8 Å². The lowest BCUT2D eigenvalue weighted by Gasteiger charge is -2.36. The highest BCUT2D eigenvalue weighted by atomic mass is 16.2. The van der Waals surface area contributed by atoms with Crippen molar-refractivity contribution in [1.82, 2.24) is 9.80 Å². The summed E-state index contributed by atoms with van der Waals surface area (Å²) in [6, 6.07) is 18.9. The van der Waals surface area contributed by atoms with Gasteiger partial charge in [-0.2, -0.15) is 0 Å². The van der Waals surface area contributed by atoms with Crippen LogP contribution in [0.4, 0.5) is 0 Å². The molecule has 25 heavy (non-hydrogen) atoms. The summed E-state index contributed by atoms with van der Waals surface area (Å²) in [6.45, 7) is 8.74. The Hall–Kier alpha value is -2.13. The van der Waals surface area contributed by atoms with E-state index < -0.39 is 0 Å². The first-order valence-corrected chi connectivity index (χ1v) is 9.23. The number of benzene rings is 2. The van der Waals surface area contributed by atoms with Crippen LogP contribution in [0.1, 0.15) is 23.6 Å². The lowest BCUT2D eigenvalue weighted by Crippen LogP contribution is -2.49. The van der Waals surface area contributed by atoms with Gasteiger partial charge in [-0.15, -0.1) is 0 Å². The molecule has 1 aliphatic heterocycles. The first-order chi connectivity index (χ1) is 12.1. The molecule has 0 saturated carbocycles. The van der Waals surface area contributed by atoms with Crippen LogP contribution in [0, 0.1) is 12.8 Å². The van der Waals surface area contributed by atoms with Gasteiger partial charge in [0.15, 0.2) is 0 Å². The molecule has 2 aromatic rings. The zero-order valence-electron chi connectivity index (χ0n) is 15.3. The Balaban J connectivity index is 1.50. The molecule has 0 aliphatic carbocycles. The minimum absolute atomic E-state index is 0.0433. The number of rotatable bonds is 5. The second-order valence-electron chi connectivity index (χ2n) is 7.12. The third-order valence-corrected chi connectivity index (χ3v) is 5.14. The number of nitrogens with zero attached hydrogens (tertiary/aromatic N) is 2. The fourth-order valence-electron chi connectivity index (χ4n) is 3.54. The smallest absolute Gasteiger partial charge is 0.225 e. The molecular formula is C22H28N2O. The van der Waals surface area contributed by atoms with Crippen molar-refractivity contribution in [2.24, 2.45) is 5.92 Å². The van der Waals surface area contributed by atoms with E-state index in [2.05, 4.69) is 73.3 Å². The van der Waals surface area contributed by atoms with Crippen molar-refractivity contribution in [3.05, 3.63) is 71.3 Å². The Kier molecular flexibility index (Phi) is 5.87. The van der Waals surface area contributed by atoms with E-state index in [1.54, 1.807) is 0 Å². The van der Waals surface area contributed by atoms with E-state index in [9.17, 15) is 4.79 Å². The summed E-state index contributed by atoms with van der Waals surface area (Å²) in [5.41, 5.74) is 3.90. The lowest BCUT2D eigenvalue weighted by atomic mass is 9.96. The predicted octanol–water partition coefficient (Wildman–Crippen LogP) is 3.52. The van der Waals surface area contributed by atoms with Gasteiger partial charge in [-0.05, 0) is 30.0 Å². The number of hydrogen-bond acceptors (Lipinski definition) is 2. The highest BCUT2D eigenvalue weighted by Crippen LogP contribution is 2.17. The molecule has 1 heterocycles. The summed E-state index contributed by atoms with van der Waals surface area (Å²) in [5.74, 6) is 0.337. The van der Waals surface area contributed by atoms with Crippen molar-refractivity contribution in [3.63, 3.8) is 0 Å². The van der Waals surface area contributed by atoms with E-state index in [4.69, 9.17) is 0 Å². The van der Waals surface area contributed by atoms with Crippen molar-refractivity contribution < 1.29 is 4.79 Å². The van der Waals surface area contributed by atoms with Gasteiger partial charge in [0.2, 0.25) is 5.91 Å². The minimum Gasteiger partial charge on any atom is -0.340 e. The Morgan fingerprint density at radius 2 is 1.60 bits per heavy atom. The Morgan fingerprint density at radius 3 is 2.28 bits per heavy atom. The number of hydrogen-bond donors (Lipinski definition) is 0. The predicted molar refractivity (Wildman–Crippen MR) is 102 cm³/mol. The number of piperazine rings is 1. The van der Waals surface area contributed by atoms with Crippen LogP contribution >= 0.6 is 0 Å². The van der Waals surface area contributed by atoms with E-state index in [0.29, 0.717) is 5.91 Å². The molecular weight excluding hydrogens is 308 g/mol. The third-order valence-electron chi connectivity index (χ3n) is 5.14. The Bertz CT molecular complexity index is 690. The van der Waals surface area contributed by atoms with Gasteiger partial charge in [0.05, 0.1) is 0 Å². The van der Waals surface area contributed by atoms with Crippen molar-refractivity contribution in [1.29, 1.82) is 0 Å². The van der Waals surface area contributed by atoms with Crippen LogP contribution in [-0.4, -0.2) is 41.9 Å². The number of carbonyl (C=O) groups excluding carboxylic acids is 1. The van der Waals surface area contributed by atoms with Gasteiger partial charge in [0.25, 0.3) is 0 Å². The van der Waals surface area contributed by atoms with E-state index in [0.717, 1.165) is 39.1 Å². The summed E-state index contributed by atoms with van der Waals surface area (Å²) >= 11 is 0. The summed E-state index contributed by atoms with van der Waals surface area (Å²) in [4.78, 5) is 17.3. The average Bonchev–Trinajstić information content (AvgIpc) is 2.64. The minimum atomic E-state index is 0.0433. The summed E-state index contributed by atoms with van der Waals surface area (Å²) < 4.78 is 0. The van der Waals surface area contributed by atoms with Gasteiger partial charge in [-0.25, -0.2) is 0 Å². The molecule has 0 bridgehead atoms. The van der Waals surface area contributed by atoms with Crippen LogP contribution in [0.5, 0.6) is 0 Å². The lowest BCUT2D eigenvalue weighted by molar-refractivity contribution is -0.136. The quantitative estimate of drug-likeness (QED) is 0.834. The zero-order valence-corrected chi connectivity index (χ0v) is 15.3. The molecule has 3 nitrogen and oxygen atoms in total. The van der Waals surface area contributed by atoms with Crippen molar-refractivity contribution in [3.8, 4) is 0 Å². The molecule has 1 aliphatic rings. The maximum absolute atomic E-state index is 12.8. The Morgan fingerprint density at radius 1 is 0.960 bits per heavy atom. The maximum Gasteiger partial charge on any atom is 0.225 e. The van der Waals surface area contributed by atoms with Crippen LogP contribution in [0.2, 0.25) is 0 Å². The van der Waals surface area contributed by atoms with Crippen LogP contribution in [0.3, 0.4) is 0 Å². The third kappa shape index (κ3) is 4.70. The molecule has 1 saturated heterocycles. The van der Waals surface area contributed by atoms with Crippen molar-refractivity contribution >= 4 is 5.91 Å². The van der Waals surface area contributed by atoms with E-state index in [1.165, 1.54) is 16.7 Å². The van der Waals surface area contributed by atoms with Crippen molar-refractivity contribution in [2.75, 3.05) is 26.2 Å². The molecule has 0 aromatic heterocycles. The standard InChI is InChI=1S/C22H28N2O/c1-18-8-6-7-11-21(18)16-19(2)22(25)24-14-12-23(13-15-24)17-20-9-4-3-5-10-20/h3-11,19H,12-17H2,1-2H3.